The Kier molecular flexibility index (Phi) is 4.66. The highest BCUT2D eigenvalue weighted by atomic mass is 19.1. The molecule has 2 heterocycles. The molecule has 0 aliphatic carbocycles. The number of hydrogen-bond acceptors (Lipinski definition) is 3. The van der Waals surface area contributed by atoms with Gasteiger partial charge in [-0.25, -0.2) is 9.18 Å². The standard InChI is InChI=1S/C20H21FN4O2/c21-18-7-6-16(25-9-8-22-20(25)27)14-17(18)19(26)24-12-10-23(11-13-24)15-4-2-1-3-5-15/h1-7,14H,8-13H2,(H,22,27). The quantitative estimate of drug-likeness (QED) is 0.905. The van der Waals surface area contributed by atoms with Crippen molar-refractivity contribution >= 4 is 23.3 Å². The largest absolute Gasteiger partial charge is 0.368 e. The third-order valence-electron chi connectivity index (χ3n) is 5.04. The van der Waals surface area contributed by atoms with E-state index in [1.165, 1.54) is 23.1 Å². The number of benzene rings is 2. The van der Waals surface area contributed by atoms with Crippen molar-refractivity contribution in [2.24, 2.45) is 0 Å². The van der Waals surface area contributed by atoms with E-state index < -0.39 is 5.82 Å². The highest BCUT2D eigenvalue weighted by Gasteiger charge is 2.27. The molecule has 2 fully saturated rings. The first-order valence-corrected chi connectivity index (χ1v) is 9.08. The fraction of sp³-hybridized carbons (Fsp3) is 0.300. The van der Waals surface area contributed by atoms with Crippen molar-refractivity contribution in [2.75, 3.05) is 49.1 Å². The second kappa shape index (κ2) is 7.26. The SMILES string of the molecule is O=C(c1cc(N2CCNC2=O)ccc1F)N1CCN(c2ccccc2)CC1. The van der Waals surface area contributed by atoms with Gasteiger partial charge in [0.15, 0.2) is 0 Å². The number of urea groups is 1. The molecule has 7 heteroatoms. The number of carbonyl (C=O) groups is 2. The van der Waals surface area contributed by atoms with Crippen molar-refractivity contribution in [2.45, 2.75) is 0 Å². The van der Waals surface area contributed by atoms with Gasteiger partial charge in [-0.3, -0.25) is 9.69 Å². The highest BCUT2D eigenvalue weighted by molar-refractivity contribution is 5.98. The number of rotatable bonds is 3. The molecule has 6 nitrogen and oxygen atoms in total. The van der Waals surface area contributed by atoms with E-state index in [-0.39, 0.29) is 17.5 Å². The van der Waals surface area contributed by atoms with Crippen molar-refractivity contribution in [1.29, 1.82) is 0 Å². The molecule has 3 amide bonds. The van der Waals surface area contributed by atoms with Gasteiger partial charge in [-0.1, -0.05) is 18.2 Å². The maximum Gasteiger partial charge on any atom is 0.321 e. The summed E-state index contributed by atoms with van der Waals surface area (Å²) in [6, 6.07) is 14.1. The summed E-state index contributed by atoms with van der Waals surface area (Å²) >= 11 is 0. The van der Waals surface area contributed by atoms with E-state index in [9.17, 15) is 14.0 Å². The van der Waals surface area contributed by atoms with E-state index in [1.807, 2.05) is 30.3 Å². The minimum Gasteiger partial charge on any atom is -0.368 e. The number of hydrogen-bond donors (Lipinski definition) is 1. The van der Waals surface area contributed by atoms with Crippen molar-refractivity contribution in [3.63, 3.8) is 0 Å². The molecule has 2 aromatic rings. The lowest BCUT2D eigenvalue weighted by Gasteiger charge is -2.36. The van der Waals surface area contributed by atoms with Crippen LogP contribution in [0.5, 0.6) is 0 Å². The second-order valence-corrected chi connectivity index (χ2v) is 6.66. The molecule has 0 atom stereocenters. The summed E-state index contributed by atoms with van der Waals surface area (Å²) < 4.78 is 14.3. The topological polar surface area (TPSA) is 55.9 Å². The molecule has 0 saturated carbocycles. The summed E-state index contributed by atoms with van der Waals surface area (Å²) in [6.45, 7) is 3.51. The summed E-state index contributed by atoms with van der Waals surface area (Å²) in [7, 11) is 0. The third-order valence-corrected chi connectivity index (χ3v) is 5.04. The molecular weight excluding hydrogens is 347 g/mol. The number of nitrogens with zero attached hydrogens (tertiary/aromatic N) is 3. The molecule has 0 radical (unpaired) electrons. The Hall–Kier alpha value is -3.09. The van der Waals surface area contributed by atoms with Gasteiger partial charge < -0.3 is 15.1 Å². The smallest absolute Gasteiger partial charge is 0.321 e. The summed E-state index contributed by atoms with van der Waals surface area (Å²) in [5, 5.41) is 2.71. The van der Waals surface area contributed by atoms with Crippen LogP contribution in [-0.2, 0) is 0 Å². The minimum atomic E-state index is -0.561. The normalized spacial score (nSPS) is 17.2. The Morgan fingerprint density at radius 1 is 0.926 bits per heavy atom. The fourth-order valence-corrected chi connectivity index (χ4v) is 3.54. The zero-order valence-electron chi connectivity index (χ0n) is 14.9. The molecule has 0 aromatic heterocycles. The molecule has 0 unspecified atom stereocenters. The van der Waals surface area contributed by atoms with Crippen LogP contribution < -0.4 is 15.1 Å². The Bertz CT molecular complexity index is 850. The lowest BCUT2D eigenvalue weighted by molar-refractivity contribution is 0.0742. The van der Waals surface area contributed by atoms with E-state index in [2.05, 4.69) is 10.2 Å². The van der Waals surface area contributed by atoms with Crippen LogP contribution >= 0.6 is 0 Å². The zero-order chi connectivity index (χ0) is 18.8. The van der Waals surface area contributed by atoms with Crippen molar-refractivity contribution < 1.29 is 14.0 Å². The van der Waals surface area contributed by atoms with E-state index in [0.717, 1.165) is 5.69 Å². The molecule has 2 saturated heterocycles. The Labute approximate surface area is 157 Å². The summed E-state index contributed by atoms with van der Waals surface area (Å²) in [5.74, 6) is -0.893. The van der Waals surface area contributed by atoms with Gasteiger partial charge in [-0.15, -0.1) is 0 Å². The summed E-state index contributed by atoms with van der Waals surface area (Å²) in [5.41, 5.74) is 1.68. The van der Waals surface area contributed by atoms with Gasteiger partial charge in [0.05, 0.1) is 5.56 Å². The number of halogens is 1. The Balaban J connectivity index is 1.48. The van der Waals surface area contributed by atoms with E-state index in [0.29, 0.717) is 45.0 Å². The van der Waals surface area contributed by atoms with E-state index in [1.54, 1.807) is 4.90 Å². The van der Waals surface area contributed by atoms with Crippen LogP contribution in [0.4, 0.5) is 20.6 Å². The number of carbonyl (C=O) groups excluding carboxylic acids is 2. The first-order chi connectivity index (χ1) is 13.1. The van der Waals surface area contributed by atoms with E-state index in [4.69, 9.17) is 0 Å². The third kappa shape index (κ3) is 3.45. The molecule has 2 aliphatic rings. The van der Waals surface area contributed by atoms with Gasteiger partial charge in [0, 0.05) is 50.6 Å². The van der Waals surface area contributed by atoms with Gasteiger partial charge in [0.1, 0.15) is 5.82 Å². The van der Waals surface area contributed by atoms with Gasteiger partial charge >= 0.3 is 6.03 Å². The number of amides is 3. The maximum absolute atomic E-state index is 14.3. The molecule has 2 aromatic carbocycles. The lowest BCUT2D eigenvalue weighted by atomic mass is 10.1. The first kappa shape index (κ1) is 17.3. The number of nitrogens with one attached hydrogen (secondary N) is 1. The predicted octanol–water partition coefficient (Wildman–Crippen LogP) is 2.32. The van der Waals surface area contributed by atoms with Crippen LogP contribution in [0.2, 0.25) is 0 Å². The number of piperazine rings is 1. The van der Waals surface area contributed by atoms with E-state index >= 15 is 0 Å². The molecule has 27 heavy (non-hydrogen) atoms. The van der Waals surface area contributed by atoms with Gasteiger partial charge in [0.25, 0.3) is 5.91 Å². The molecule has 4 rings (SSSR count). The predicted molar refractivity (Wildman–Crippen MR) is 102 cm³/mol. The summed E-state index contributed by atoms with van der Waals surface area (Å²) in [4.78, 5) is 30.1. The lowest BCUT2D eigenvalue weighted by Crippen LogP contribution is -2.49. The fourth-order valence-electron chi connectivity index (χ4n) is 3.54. The van der Waals surface area contributed by atoms with Gasteiger partial charge in [0.2, 0.25) is 0 Å². The van der Waals surface area contributed by atoms with Crippen LogP contribution in [0.3, 0.4) is 0 Å². The molecule has 0 bridgehead atoms. The average Bonchev–Trinajstić information content (AvgIpc) is 3.14. The van der Waals surface area contributed by atoms with Gasteiger partial charge in [-0.05, 0) is 30.3 Å². The van der Waals surface area contributed by atoms with Crippen LogP contribution in [0, 0.1) is 5.82 Å². The zero-order valence-corrected chi connectivity index (χ0v) is 14.9. The molecular formula is C20H21FN4O2. The van der Waals surface area contributed by atoms with Crippen LogP contribution in [0.25, 0.3) is 0 Å². The van der Waals surface area contributed by atoms with Crippen LogP contribution in [0.15, 0.2) is 48.5 Å². The average molecular weight is 368 g/mol. The number of para-hydroxylation sites is 1. The van der Waals surface area contributed by atoms with Crippen LogP contribution in [-0.4, -0.2) is 56.1 Å². The van der Waals surface area contributed by atoms with Crippen molar-refractivity contribution in [3.05, 3.63) is 59.9 Å². The Morgan fingerprint density at radius 3 is 2.33 bits per heavy atom. The summed E-state index contributed by atoms with van der Waals surface area (Å²) in [6.07, 6.45) is 0. The van der Waals surface area contributed by atoms with Gasteiger partial charge in [-0.2, -0.15) is 0 Å². The number of anilines is 2. The highest BCUT2D eigenvalue weighted by Crippen LogP contribution is 2.23. The molecule has 0 spiro atoms. The monoisotopic (exact) mass is 368 g/mol. The maximum atomic E-state index is 14.3. The second-order valence-electron chi connectivity index (χ2n) is 6.66. The van der Waals surface area contributed by atoms with Crippen LogP contribution in [0.1, 0.15) is 10.4 Å². The van der Waals surface area contributed by atoms with Crippen molar-refractivity contribution in [1.82, 2.24) is 10.2 Å². The molecule has 1 N–H and O–H groups in total. The van der Waals surface area contributed by atoms with Crippen molar-refractivity contribution in [3.8, 4) is 0 Å². The minimum absolute atomic E-state index is 0.0142. The Morgan fingerprint density at radius 2 is 1.67 bits per heavy atom. The first-order valence-electron chi connectivity index (χ1n) is 9.08. The molecule has 140 valence electrons. The molecule has 2 aliphatic heterocycles.